The standard InChI is InChI=1S/C16H15N3O4S2/c1-3-18-15(20)14-12(6-7-24-14)17-16(18)25-9-10-8-11(19(21)22)4-5-13(10)23-2/h4-8H,3,9H2,1-2H3. The van der Waals surface area contributed by atoms with Gasteiger partial charge >= 0.3 is 0 Å². The van der Waals surface area contributed by atoms with Gasteiger partial charge in [0, 0.05) is 30.0 Å². The number of rotatable bonds is 6. The third-order valence-corrected chi connectivity index (χ3v) is 5.60. The molecule has 0 bridgehead atoms. The summed E-state index contributed by atoms with van der Waals surface area (Å²) in [7, 11) is 1.52. The second kappa shape index (κ2) is 7.24. The van der Waals surface area contributed by atoms with Crippen molar-refractivity contribution in [2.45, 2.75) is 24.4 Å². The van der Waals surface area contributed by atoms with Crippen LogP contribution >= 0.6 is 23.1 Å². The summed E-state index contributed by atoms with van der Waals surface area (Å²) in [4.78, 5) is 27.6. The van der Waals surface area contributed by atoms with E-state index < -0.39 is 4.92 Å². The van der Waals surface area contributed by atoms with Gasteiger partial charge in [-0.1, -0.05) is 11.8 Å². The monoisotopic (exact) mass is 377 g/mol. The van der Waals surface area contributed by atoms with Crippen molar-refractivity contribution >= 4 is 39.0 Å². The molecule has 2 heterocycles. The Morgan fingerprint density at radius 3 is 2.88 bits per heavy atom. The van der Waals surface area contributed by atoms with Gasteiger partial charge < -0.3 is 4.74 Å². The number of non-ortho nitro benzene ring substituents is 1. The Kier molecular flexibility index (Phi) is 5.05. The molecule has 25 heavy (non-hydrogen) atoms. The van der Waals surface area contributed by atoms with Crippen LogP contribution in [0, 0.1) is 10.1 Å². The number of hydrogen-bond donors (Lipinski definition) is 0. The van der Waals surface area contributed by atoms with Gasteiger partial charge in [0.05, 0.1) is 17.5 Å². The number of thiophene rings is 1. The van der Waals surface area contributed by atoms with Gasteiger partial charge in [0.25, 0.3) is 11.2 Å². The minimum Gasteiger partial charge on any atom is -0.496 e. The second-order valence-electron chi connectivity index (χ2n) is 5.12. The fraction of sp³-hybridized carbons (Fsp3) is 0.250. The van der Waals surface area contributed by atoms with Gasteiger partial charge in [-0.15, -0.1) is 11.3 Å². The van der Waals surface area contributed by atoms with E-state index in [9.17, 15) is 14.9 Å². The van der Waals surface area contributed by atoms with E-state index in [-0.39, 0.29) is 11.2 Å². The minimum absolute atomic E-state index is 0.00512. The molecular weight excluding hydrogens is 362 g/mol. The number of ether oxygens (including phenoxy) is 1. The first-order chi connectivity index (χ1) is 12.0. The molecule has 1 aromatic carbocycles. The number of nitrogens with zero attached hydrogens (tertiary/aromatic N) is 3. The summed E-state index contributed by atoms with van der Waals surface area (Å²) in [5.41, 5.74) is 1.30. The number of nitro benzene ring substituents is 1. The zero-order valence-corrected chi connectivity index (χ0v) is 15.2. The Bertz CT molecular complexity index is 997. The summed E-state index contributed by atoms with van der Waals surface area (Å²) in [6.45, 7) is 2.40. The van der Waals surface area contributed by atoms with Crippen LogP contribution in [0.25, 0.3) is 10.2 Å². The molecule has 0 radical (unpaired) electrons. The van der Waals surface area contributed by atoms with Crippen LogP contribution in [0.1, 0.15) is 12.5 Å². The summed E-state index contributed by atoms with van der Waals surface area (Å²) in [5, 5.41) is 13.4. The molecule has 0 N–H and O–H groups in total. The van der Waals surface area contributed by atoms with Crippen molar-refractivity contribution in [3.63, 3.8) is 0 Å². The van der Waals surface area contributed by atoms with Crippen molar-refractivity contribution in [1.82, 2.24) is 9.55 Å². The molecule has 7 nitrogen and oxygen atoms in total. The molecule has 0 saturated heterocycles. The Morgan fingerprint density at radius 1 is 1.40 bits per heavy atom. The Hall–Kier alpha value is -2.39. The molecule has 0 saturated carbocycles. The van der Waals surface area contributed by atoms with E-state index in [0.717, 1.165) is 0 Å². The average molecular weight is 377 g/mol. The smallest absolute Gasteiger partial charge is 0.272 e. The van der Waals surface area contributed by atoms with Crippen LogP contribution in [0.15, 0.2) is 39.6 Å². The lowest BCUT2D eigenvalue weighted by Crippen LogP contribution is -2.21. The summed E-state index contributed by atoms with van der Waals surface area (Å²) < 4.78 is 7.54. The Labute approximate surface area is 151 Å². The molecule has 3 aromatic rings. The van der Waals surface area contributed by atoms with Gasteiger partial charge in [-0.25, -0.2) is 4.98 Å². The van der Waals surface area contributed by atoms with Gasteiger partial charge in [-0.05, 0) is 24.4 Å². The lowest BCUT2D eigenvalue weighted by atomic mass is 10.2. The molecule has 0 unspecified atom stereocenters. The van der Waals surface area contributed by atoms with Crippen LogP contribution in [0.5, 0.6) is 5.75 Å². The maximum atomic E-state index is 12.5. The molecular formula is C16H15N3O4S2. The maximum absolute atomic E-state index is 12.5. The SMILES string of the molecule is CCn1c(SCc2cc([N+](=O)[O-])ccc2OC)nc2ccsc2c1=O. The molecule has 0 amide bonds. The highest BCUT2D eigenvalue weighted by atomic mass is 32.2. The van der Waals surface area contributed by atoms with E-state index in [2.05, 4.69) is 4.98 Å². The van der Waals surface area contributed by atoms with Crippen LogP contribution < -0.4 is 10.3 Å². The first-order valence-electron chi connectivity index (χ1n) is 7.47. The summed E-state index contributed by atoms with van der Waals surface area (Å²) >= 11 is 2.74. The van der Waals surface area contributed by atoms with Crippen molar-refractivity contribution in [3.05, 3.63) is 55.7 Å². The van der Waals surface area contributed by atoms with Crippen LogP contribution in [0.4, 0.5) is 5.69 Å². The Balaban J connectivity index is 1.96. The minimum atomic E-state index is -0.439. The van der Waals surface area contributed by atoms with Gasteiger partial charge in [-0.2, -0.15) is 0 Å². The maximum Gasteiger partial charge on any atom is 0.272 e. The highest BCUT2D eigenvalue weighted by Gasteiger charge is 2.15. The van der Waals surface area contributed by atoms with E-state index >= 15 is 0 Å². The lowest BCUT2D eigenvalue weighted by molar-refractivity contribution is -0.384. The zero-order valence-electron chi connectivity index (χ0n) is 13.6. The number of nitro groups is 1. The second-order valence-corrected chi connectivity index (χ2v) is 6.98. The molecule has 0 aliphatic heterocycles. The van der Waals surface area contributed by atoms with Crippen LogP contribution in [-0.4, -0.2) is 21.6 Å². The number of methoxy groups -OCH3 is 1. The molecule has 0 aliphatic rings. The largest absolute Gasteiger partial charge is 0.496 e. The topological polar surface area (TPSA) is 87.3 Å². The molecule has 3 rings (SSSR count). The molecule has 130 valence electrons. The van der Waals surface area contributed by atoms with Gasteiger partial charge in [0.1, 0.15) is 10.4 Å². The highest BCUT2D eigenvalue weighted by Crippen LogP contribution is 2.30. The number of thioether (sulfide) groups is 1. The molecule has 0 fully saturated rings. The number of fused-ring (bicyclic) bond motifs is 1. The van der Waals surface area contributed by atoms with Crippen molar-refractivity contribution in [2.75, 3.05) is 7.11 Å². The van der Waals surface area contributed by atoms with E-state index in [4.69, 9.17) is 4.74 Å². The molecule has 0 atom stereocenters. The Morgan fingerprint density at radius 2 is 2.20 bits per heavy atom. The quantitative estimate of drug-likeness (QED) is 0.282. The van der Waals surface area contributed by atoms with E-state index in [1.807, 2.05) is 18.4 Å². The van der Waals surface area contributed by atoms with Gasteiger partial charge in [0.2, 0.25) is 0 Å². The van der Waals surface area contributed by atoms with Crippen LogP contribution in [-0.2, 0) is 12.3 Å². The summed E-state index contributed by atoms with van der Waals surface area (Å²) in [6, 6.07) is 6.30. The third kappa shape index (κ3) is 3.38. The fourth-order valence-corrected chi connectivity index (χ4v) is 4.27. The number of aromatic nitrogens is 2. The van der Waals surface area contributed by atoms with Crippen molar-refractivity contribution in [1.29, 1.82) is 0 Å². The van der Waals surface area contributed by atoms with Gasteiger partial charge in [-0.3, -0.25) is 19.5 Å². The third-order valence-electron chi connectivity index (χ3n) is 3.68. The lowest BCUT2D eigenvalue weighted by Gasteiger charge is -2.11. The van der Waals surface area contributed by atoms with Crippen molar-refractivity contribution in [2.24, 2.45) is 0 Å². The van der Waals surface area contributed by atoms with Crippen LogP contribution in [0.3, 0.4) is 0 Å². The summed E-state index contributed by atoms with van der Waals surface area (Å²) in [6.07, 6.45) is 0. The van der Waals surface area contributed by atoms with Crippen LogP contribution in [0.2, 0.25) is 0 Å². The molecule has 0 spiro atoms. The molecule has 2 aromatic heterocycles. The highest BCUT2D eigenvalue weighted by molar-refractivity contribution is 7.98. The molecule has 9 heteroatoms. The van der Waals surface area contributed by atoms with E-state index in [1.54, 1.807) is 10.6 Å². The predicted molar refractivity (Wildman–Crippen MR) is 98.8 cm³/mol. The van der Waals surface area contributed by atoms with Crippen molar-refractivity contribution < 1.29 is 9.66 Å². The number of benzene rings is 1. The number of hydrogen-bond acceptors (Lipinski definition) is 7. The first-order valence-corrected chi connectivity index (χ1v) is 9.33. The fourth-order valence-electron chi connectivity index (χ4n) is 2.45. The normalized spacial score (nSPS) is 11.0. The average Bonchev–Trinajstić information content (AvgIpc) is 3.08. The summed E-state index contributed by atoms with van der Waals surface area (Å²) in [5.74, 6) is 0.979. The van der Waals surface area contributed by atoms with Gasteiger partial charge in [0.15, 0.2) is 5.16 Å². The van der Waals surface area contributed by atoms with E-state index in [0.29, 0.717) is 39.0 Å². The molecule has 0 aliphatic carbocycles. The van der Waals surface area contributed by atoms with E-state index in [1.165, 1.54) is 42.3 Å². The van der Waals surface area contributed by atoms with Crippen molar-refractivity contribution in [3.8, 4) is 5.75 Å². The predicted octanol–water partition coefficient (Wildman–Crippen LogP) is 3.69. The first kappa shape index (κ1) is 17.4. The zero-order chi connectivity index (χ0) is 18.0.